The molecular weight excluding hydrogens is 702 g/mol. The number of nitrogens with one attached hydrogen (secondary N) is 2. The summed E-state index contributed by atoms with van der Waals surface area (Å²) < 4.78 is 41.8. The molecule has 4 N–H and O–H groups in total. The number of hydrogen-bond acceptors (Lipinski definition) is 7. The maximum Gasteiger partial charge on any atom is 0.416 e. The fourth-order valence-corrected chi connectivity index (χ4v) is 5.90. The zero-order valence-corrected chi connectivity index (χ0v) is 31.1. The van der Waals surface area contributed by atoms with Crippen molar-refractivity contribution in [2.75, 3.05) is 39.6 Å². The van der Waals surface area contributed by atoms with Crippen LogP contribution in [0.15, 0.2) is 115 Å². The molecule has 53 heavy (non-hydrogen) atoms. The van der Waals surface area contributed by atoms with Gasteiger partial charge in [0.1, 0.15) is 0 Å². The topological polar surface area (TPSA) is 118 Å². The highest BCUT2D eigenvalue weighted by molar-refractivity contribution is 7.97. The molecule has 8 nitrogen and oxygen atoms in total. The molecule has 282 valence electrons. The number of H-pyrrole nitrogens is 1. The average molecular weight is 749 g/mol. The first-order valence-electron chi connectivity index (χ1n) is 17.1. The Morgan fingerprint density at radius 2 is 1.70 bits per heavy atom. The number of piperidine rings is 1. The number of nitrogens with two attached hydrogens (primary N) is 1. The Kier molecular flexibility index (Phi) is 17.7. The van der Waals surface area contributed by atoms with Crippen molar-refractivity contribution in [1.82, 2.24) is 15.2 Å². The zero-order chi connectivity index (χ0) is 38.6. The van der Waals surface area contributed by atoms with Crippen LogP contribution in [0, 0.1) is 0 Å². The standard InChI is InChI=1S/C21H28N2OS.C10H6F3NO.C10H13NO2/c1-17(21(24)19-9-6-8-18(15-19)16-25-2)14-20(10-7-11-22)23-12-4-3-5-13-23;11-10(12,13)7-2-1-6-3-8(5-15)14-9(6)4-7;1-13-8-7-11-10(12)9-5-3-2-4-6-9/h6-11,14-15H,3-5,12-13,16,22H2,1-2H3;1-5,14H;2-6H,7-8H2,1H3,(H,11,12)/b11-7+,17-14-,20-10+;;. The van der Waals surface area contributed by atoms with E-state index in [1.807, 2.05) is 61.5 Å². The number of Topliss-reactive ketones (excluding diaryl/α,β-unsaturated/α-hetero) is 1. The van der Waals surface area contributed by atoms with Gasteiger partial charge in [0.2, 0.25) is 0 Å². The van der Waals surface area contributed by atoms with E-state index >= 15 is 0 Å². The van der Waals surface area contributed by atoms with Crippen LogP contribution < -0.4 is 11.1 Å². The number of aldehydes is 1. The van der Waals surface area contributed by atoms with Crippen LogP contribution in [0.4, 0.5) is 13.2 Å². The number of halogens is 3. The Balaban J connectivity index is 0.000000230. The Bertz CT molecular complexity index is 1860. The molecule has 5 rings (SSSR count). The average Bonchev–Trinajstić information content (AvgIpc) is 3.60. The second kappa shape index (κ2) is 22.1. The van der Waals surface area contributed by atoms with Gasteiger partial charge in [-0.05, 0) is 104 Å². The van der Waals surface area contributed by atoms with Crippen molar-refractivity contribution in [3.63, 3.8) is 0 Å². The van der Waals surface area contributed by atoms with Gasteiger partial charge in [0.15, 0.2) is 12.1 Å². The van der Waals surface area contributed by atoms with Crippen molar-refractivity contribution in [2.24, 2.45) is 5.73 Å². The number of fused-ring (bicyclic) bond motifs is 1. The van der Waals surface area contributed by atoms with Gasteiger partial charge in [0, 0.05) is 60.2 Å². The van der Waals surface area contributed by atoms with Crippen molar-refractivity contribution in [3.8, 4) is 0 Å². The number of likely N-dealkylation sites (tertiary alicyclic amines) is 1. The third kappa shape index (κ3) is 14.1. The summed E-state index contributed by atoms with van der Waals surface area (Å²) in [5.41, 5.74) is 9.79. The number of allylic oxidation sites excluding steroid dienone is 4. The normalized spacial score (nSPS) is 13.5. The molecule has 1 amide bonds. The summed E-state index contributed by atoms with van der Waals surface area (Å²) in [6.45, 7) is 5.05. The van der Waals surface area contributed by atoms with E-state index in [9.17, 15) is 27.6 Å². The van der Waals surface area contributed by atoms with Crippen LogP contribution in [0.1, 0.15) is 68.5 Å². The van der Waals surface area contributed by atoms with Crippen molar-refractivity contribution >= 4 is 40.6 Å². The van der Waals surface area contributed by atoms with E-state index in [4.69, 9.17) is 10.5 Å². The van der Waals surface area contributed by atoms with Crippen LogP contribution in [0.5, 0.6) is 0 Å². The molecule has 1 saturated heterocycles. The first-order valence-corrected chi connectivity index (χ1v) is 18.5. The molecule has 1 aromatic heterocycles. The van der Waals surface area contributed by atoms with Gasteiger partial charge in [-0.15, -0.1) is 0 Å². The fourth-order valence-electron chi connectivity index (χ4n) is 5.38. The van der Waals surface area contributed by atoms with E-state index in [0.717, 1.165) is 47.8 Å². The molecule has 2 heterocycles. The predicted molar refractivity (Wildman–Crippen MR) is 208 cm³/mol. The number of carbonyl (C=O) groups excluding carboxylic acids is 3. The van der Waals surface area contributed by atoms with E-state index in [2.05, 4.69) is 27.5 Å². The van der Waals surface area contributed by atoms with Gasteiger partial charge < -0.3 is 25.7 Å². The summed E-state index contributed by atoms with van der Waals surface area (Å²) in [7, 11) is 1.61. The van der Waals surface area contributed by atoms with Crippen molar-refractivity contribution < 1.29 is 32.3 Å². The lowest BCUT2D eigenvalue weighted by molar-refractivity contribution is -0.137. The molecule has 0 saturated carbocycles. The monoisotopic (exact) mass is 748 g/mol. The number of aromatic amines is 1. The van der Waals surface area contributed by atoms with Crippen molar-refractivity contribution in [1.29, 1.82) is 0 Å². The number of rotatable bonds is 12. The Hall–Kier alpha value is -5.07. The lowest BCUT2D eigenvalue weighted by atomic mass is 10.0. The van der Waals surface area contributed by atoms with E-state index in [1.54, 1.807) is 31.0 Å². The highest BCUT2D eigenvalue weighted by Gasteiger charge is 2.30. The maximum atomic E-state index is 12.8. The predicted octanol–water partition coefficient (Wildman–Crippen LogP) is 8.58. The molecule has 1 aliphatic rings. The van der Waals surface area contributed by atoms with Crippen LogP contribution in [-0.4, -0.2) is 67.5 Å². The van der Waals surface area contributed by atoms with E-state index < -0.39 is 11.7 Å². The van der Waals surface area contributed by atoms with E-state index in [1.165, 1.54) is 43.2 Å². The molecular formula is C41H47F3N4O4S. The summed E-state index contributed by atoms with van der Waals surface area (Å²) in [5, 5.41) is 3.32. The molecule has 0 atom stereocenters. The van der Waals surface area contributed by atoms with Gasteiger partial charge >= 0.3 is 6.18 Å². The molecule has 12 heteroatoms. The van der Waals surface area contributed by atoms with Gasteiger partial charge in [-0.2, -0.15) is 24.9 Å². The lowest BCUT2D eigenvalue weighted by Gasteiger charge is -2.30. The molecule has 1 fully saturated rings. The molecule has 3 aromatic carbocycles. The highest BCUT2D eigenvalue weighted by atomic mass is 32.2. The minimum absolute atomic E-state index is 0.0577. The first-order chi connectivity index (χ1) is 25.5. The van der Waals surface area contributed by atoms with Crippen LogP contribution in [0.3, 0.4) is 0 Å². The third-order valence-electron chi connectivity index (χ3n) is 8.05. The molecule has 1 aliphatic heterocycles. The number of methoxy groups -OCH3 is 1. The minimum atomic E-state index is -4.36. The van der Waals surface area contributed by atoms with Gasteiger partial charge in [-0.25, -0.2) is 0 Å². The maximum absolute atomic E-state index is 12.8. The summed E-state index contributed by atoms with van der Waals surface area (Å²) >= 11 is 1.76. The quantitative estimate of drug-likeness (QED) is 0.0437. The first kappa shape index (κ1) is 42.3. The van der Waals surface area contributed by atoms with Gasteiger partial charge in [-0.3, -0.25) is 14.4 Å². The number of ether oxygens (including phenoxy) is 1. The Morgan fingerprint density at radius 3 is 2.34 bits per heavy atom. The summed E-state index contributed by atoms with van der Waals surface area (Å²) in [6, 6.07) is 21.9. The second-order valence-corrected chi connectivity index (χ2v) is 12.9. The van der Waals surface area contributed by atoms with E-state index in [-0.39, 0.29) is 17.4 Å². The third-order valence-corrected chi connectivity index (χ3v) is 8.67. The molecule has 0 spiro atoms. The summed E-state index contributed by atoms with van der Waals surface area (Å²) in [6.07, 6.45) is 9.29. The molecule has 4 aromatic rings. The molecule has 0 radical (unpaired) electrons. The minimum Gasteiger partial charge on any atom is -0.405 e. The molecule has 0 unspecified atom stereocenters. The van der Waals surface area contributed by atoms with Crippen molar-refractivity contribution in [3.05, 3.63) is 143 Å². The smallest absolute Gasteiger partial charge is 0.405 e. The van der Waals surface area contributed by atoms with Crippen LogP contribution in [-0.2, 0) is 16.7 Å². The SMILES string of the molecule is COCCNC(=O)c1ccccc1.CSCc1cccc(C(=O)\C(C)=C/C(=C\C=C\N)N2CCCCC2)c1.O=Cc1cc2ccc(C(F)(F)F)cc2[nH]1. The number of benzene rings is 3. The zero-order valence-electron chi connectivity index (χ0n) is 30.2. The number of nitrogens with zero attached hydrogens (tertiary/aromatic N) is 1. The largest absolute Gasteiger partial charge is 0.416 e. The number of hydrogen-bond donors (Lipinski definition) is 3. The number of alkyl halides is 3. The number of thioether (sulfide) groups is 1. The van der Waals surface area contributed by atoms with Crippen LogP contribution >= 0.6 is 11.8 Å². The molecule has 0 aliphatic carbocycles. The Labute approximate surface area is 313 Å². The number of amides is 1. The van der Waals surface area contributed by atoms with E-state index in [0.29, 0.717) is 35.9 Å². The van der Waals surface area contributed by atoms with Gasteiger partial charge in [-0.1, -0.05) is 42.5 Å². The van der Waals surface area contributed by atoms with Gasteiger partial charge in [0.05, 0.1) is 17.9 Å². The second-order valence-electron chi connectivity index (χ2n) is 12.1. The summed E-state index contributed by atoms with van der Waals surface area (Å²) in [5.74, 6) is 0.949. The number of ketones is 1. The number of carbonyl (C=O) groups is 3. The Morgan fingerprint density at radius 1 is 0.981 bits per heavy atom. The highest BCUT2D eigenvalue weighted by Crippen LogP contribution is 2.31. The fraction of sp³-hybridized carbons (Fsp3) is 0.293. The van der Waals surface area contributed by atoms with Crippen LogP contribution in [0.2, 0.25) is 0 Å². The lowest BCUT2D eigenvalue weighted by Crippen LogP contribution is -2.28. The summed E-state index contributed by atoms with van der Waals surface area (Å²) in [4.78, 5) is 39.5. The molecule has 0 bridgehead atoms. The number of aromatic nitrogens is 1. The van der Waals surface area contributed by atoms with Crippen LogP contribution in [0.25, 0.3) is 10.9 Å². The van der Waals surface area contributed by atoms with Crippen molar-refractivity contribution in [2.45, 2.75) is 38.1 Å². The van der Waals surface area contributed by atoms with Gasteiger partial charge in [0.25, 0.3) is 5.91 Å².